The minimum Gasteiger partial charge on any atom is -0.399 e. The average Bonchev–Trinajstić information content (AvgIpc) is 2.13. The maximum atomic E-state index is 11.2. The van der Waals surface area contributed by atoms with Crippen molar-refractivity contribution in [1.29, 1.82) is 0 Å². The number of amides is 1. The molecular formula is C12H18N2O. The van der Waals surface area contributed by atoms with Crippen LogP contribution in [0.25, 0.3) is 0 Å². The monoisotopic (exact) mass is 206 g/mol. The molecule has 1 aromatic rings. The number of carbonyl (C=O) groups is 1. The van der Waals surface area contributed by atoms with Crippen LogP contribution >= 0.6 is 0 Å². The second-order valence-corrected chi connectivity index (χ2v) is 4.20. The Kier molecular flexibility index (Phi) is 3.72. The van der Waals surface area contributed by atoms with Crippen molar-refractivity contribution in [3.63, 3.8) is 0 Å². The summed E-state index contributed by atoms with van der Waals surface area (Å²) in [4.78, 5) is 11.2. The molecule has 0 fully saturated rings. The first-order valence-corrected chi connectivity index (χ1v) is 5.14. The van der Waals surface area contributed by atoms with Crippen molar-refractivity contribution in [1.82, 2.24) is 0 Å². The first-order chi connectivity index (χ1) is 7.00. The third-order valence-corrected chi connectivity index (χ3v) is 2.58. The summed E-state index contributed by atoms with van der Waals surface area (Å²) in [5.41, 5.74) is 12.8. The van der Waals surface area contributed by atoms with Crippen molar-refractivity contribution in [3.8, 4) is 0 Å². The fourth-order valence-electron chi connectivity index (χ4n) is 1.64. The van der Waals surface area contributed by atoms with E-state index < -0.39 is 0 Å². The summed E-state index contributed by atoms with van der Waals surface area (Å²) in [6.07, 6.45) is 0.665. The first-order valence-electron chi connectivity index (χ1n) is 5.14. The summed E-state index contributed by atoms with van der Waals surface area (Å²) in [6, 6.07) is 7.58. The van der Waals surface area contributed by atoms with Gasteiger partial charge in [-0.05, 0) is 30.0 Å². The van der Waals surface area contributed by atoms with Crippen LogP contribution in [0.3, 0.4) is 0 Å². The van der Waals surface area contributed by atoms with E-state index in [4.69, 9.17) is 11.5 Å². The van der Waals surface area contributed by atoms with E-state index in [2.05, 4.69) is 0 Å². The van der Waals surface area contributed by atoms with Crippen LogP contribution in [-0.2, 0) is 11.2 Å². The van der Waals surface area contributed by atoms with Gasteiger partial charge < -0.3 is 11.5 Å². The Morgan fingerprint density at radius 1 is 1.40 bits per heavy atom. The van der Waals surface area contributed by atoms with Gasteiger partial charge in [0.25, 0.3) is 0 Å². The molecule has 0 spiro atoms. The van der Waals surface area contributed by atoms with E-state index in [0.29, 0.717) is 6.42 Å². The number of rotatable bonds is 4. The van der Waals surface area contributed by atoms with E-state index in [9.17, 15) is 4.79 Å². The molecule has 0 bridgehead atoms. The largest absolute Gasteiger partial charge is 0.399 e. The van der Waals surface area contributed by atoms with Gasteiger partial charge in [-0.15, -0.1) is 0 Å². The third kappa shape index (κ3) is 3.27. The summed E-state index contributed by atoms with van der Waals surface area (Å²) in [5.74, 6) is -0.108. The highest BCUT2D eigenvalue weighted by molar-refractivity contribution is 5.77. The Hall–Kier alpha value is -1.51. The van der Waals surface area contributed by atoms with Crippen LogP contribution in [0, 0.1) is 11.8 Å². The molecule has 1 rings (SSSR count). The maximum Gasteiger partial charge on any atom is 0.221 e. The molecule has 0 aromatic heterocycles. The summed E-state index contributed by atoms with van der Waals surface area (Å²) in [5, 5.41) is 0. The molecule has 0 aliphatic carbocycles. The van der Waals surface area contributed by atoms with Crippen LogP contribution in [0.5, 0.6) is 0 Å². The number of hydrogen-bond acceptors (Lipinski definition) is 2. The number of nitrogens with two attached hydrogens (primary N) is 2. The van der Waals surface area contributed by atoms with Gasteiger partial charge in [-0.1, -0.05) is 26.0 Å². The summed E-state index contributed by atoms with van der Waals surface area (Å²) in [6.45, 7) is 4.00. The summed E-state index contributed by atoms with van der Waals surface area (Å²) < 4.78 is 0. The Labute approximate surface area is 90.5 Å². The molecular weight excluding hydrogens is 188 g/mol. The minimum absolute atomic E-state index is 0.119. The zero-order valence-corrected chi connectivity index (χ0v) is 9.23. The molecule has 3 heteroatoms. The first kappa shape index (κ1) is 11.6. The minimum atomic E-state index is -0.243. The van der Waals surface area contributed by atoms with E-state index in [1.165, 1.54) is 0 Å². The van der Waals surface area contributed by atoms with Gasteiger partial charge in [-0.3, -0.25) is 4.79 Å². The Morgan fingerprint density at radius 2 is 2.07 bits per heavy atom. The molecule has 4 N–H and O–H groups in total. The van der Waals surface area contributed by atoms with E-state index >= 15 is 0 Å². The van der Waals surface area contributed by atoms with Crippen molar-refractivity contribution in [2.45, 2.75) is 20.3 Å². The van der Waals surface area contributed by atoms with Crippen molar-refractivity contribution < 1.29 is 4.79 Å². The topological polar surface area (TPSA) is 69.1 Å². The highest BCUT2D eigenvalue weighted by atomic mass is 16.1. The molecule has 1 amide bonds. The zero-order valence-electron chi connectivity index (χ0n) is 9.23. The predicted octanol–water partition coefficient (Wildman–Crippen LogP) is 1.57. The lowest BCUT2D eigenvalue weighted by Crippen LogP contribution is -2.29. The number of primary amides is 1. The Balaban J connectivity index is 2.79. The van der Waals surface area contributed by atoms with Crippen LogP contribution in [0.1, 0.15) is 19.4 Å². The molecule has 82 valence electrons. The average molecular weight is 206 g/mol. The third-order valence-electron chi connectivity index (χ3n) is 2.58. The predicted molar refractivity (Wildman–Crippen MR) is 62.1 cm³/mol. The van der Waals surface area contributed by atoms with Crippen LogP contribution in [0.15, 0.2) is 24.3 Å². The number of anilines is 1. The number of nitrogen functional groups attached to an aromatic ring is 1. The summed E-state index contributed by atoms with van der Waals surface area (Å²) in [7, 11) is 0. The highest BCUT2D eigenvalue weighted by Gasteiger charge is 2.19. The number of carbonyl (C=O) groups excluding carboxylic acids is 1. The molecule has 1 atom stereocenters. The molecule has 0 heterocycles. The van der Waals surface area contributed by atoms with Crippen molar-refractivity contribution in [3.05, 3.63) is 29.8 Å². The fraction of sp³-hybridized carbons (Fsp3) is 0.417. The van der Waals surface area contributed by atoms with Gasteiger partial charge in [-0.25, -0.2) is 0 Å². The van der Waals surface area contributed by atoms with Crippen LogP contribution in [0.4, 0.5) is 5.69 Å². The molecule has 0 aliphatic heterocycles. The molecule has 0 aliphatic rings. The second kappa shape index (κ2) is 4.82. The van der Waals surface area contributed by atoms with Gasteiger partial charge >= 0.3 is 0 Å². The lowest BCUT2D eigenvalue weighted by molar-refractivity contribution is -0.123. The highest BCUT2D eigenvalue weighted by Crippen LogP contribution is 2.18. The Morgan fingerprint density at radius 3 is 2.53 bits per heavy atom. The number of hydrogen-bond donors (Lipinski definition) is 2. The molecule has 15 heavy (non-hydrogen) atoms. The van der Waals surface area contributed by atoms with E-state index in [1.54, 1.807) is 0 Å². The molecule has 0 unspecified atom stereocenters. The fourth-order valence-corrected chi connectivity index (χ4v) is 1.64. The lowest BCUT2D eigenvalue weighted by Gasteiger charge is -2.17. The van der Waals surface area contributed by atoms with Crippen LogP contribution in [-0.4, -0.2) is 5.91 Å². The van der Waals surface area contributed by atoms with Crippen molar-refractivity contribution in [2.24, 2.45) is 17.6 Å². The molecule has 3 nitrogen and oxygen atoms in total. The van der Waals surface area contributed by atoms with Gasteiger partial charge in [0.15, 0.2) is 0 Å². The van der Waals surface area contributed by atoms with Crippen LogP contribution in [0.2, 0.25) is 0 Å². The molecule has 0 saturated carbocycles. The lowest BCUT2D eigenvalue weighted by atomic mass is 9.88. The quantitative estimate of drug-likeness (QED) is 0.734. The van der Waals surface area contributed by atoms with Crippen molar-refractivity contribution in [2.75, 3.05) is 5.73 Å². The van der Waals surface area contributed by atoms with E-state index in [1.807, 2.05) is 38.1 Å². The SMILES string of the molecule is CC(C)[C@@H](Cc1cccc(N)c1)C(N)=O. The van der Waals surface area contributed by atoms with Gasteiger partial charge in [0.2, 0.25) is 5.91 Å². The second-order valence-electron chi connectivity index (χ2n) is 4.20. The summed E-state index contributed by atoms with van der Waals surface area (Å²) >= 11 is 0. The maximum absolute atomic E-state index is 11.2. The van der Waals surface area contributed by atoms with Crippen LogP contribution < -0.4 is 11.5 Å². The molecule has 1 aromatic carbocycles. The van der Waals surface area contributed by atoms with Gasteiger partial charge in [0.05, 0.1) is 0 Å². The normalized spacial score (nSPS) is 12.7. The van der Waals surface area contributed by atoms with Gasteiger partial charge in [0, 0.05) is 11.6 Å². The zero-order chi connectivity index (χ0) is 11.4. The molecule has 0 saturated heterocycles. The van der Waals surface area contributed by atoms with E-state index in [0.717, 1.165) is 11.3 Å². The van der Waals surface area contributed by atoms with Crippen molar-refractivity contribution >= 4 is 11.6 Å². The Bertz CT molecular complexity index is 347. The van der Waals surface area contributed by atoms with Gasteiger partial charge in [0.1, 0.15) is 0 Å². The number of benzene rings is 1. The smallest absolute Gasteiger partial charge is 0.221 e. The van der Waals surface area contributed by atoms with Gasteiger partial charge in [-0.2, -0.15) is 0 Å². The molecule has 0 radical (unpaired) electrons. The standard InChI is InChI=1S/C12H18N2O/c1-8(2)11(12(14)15)7-9-4-3-5-10(13)6-9/h3-6,8,11H,7,13H2,1-2H3,(H2,14,15)/t11-/m1/s1. The van der Waals surface area contributed by atoms with E-state index in [-0.39, 0.29) is 17.7 Å².